The third-order valence-corrected chi connectivity index (χ3v) is 2.99. The zero-order valence-electron chi connectivity index (χ0n) is 8.67. The molecule has 0 spiro atoms. The Kier molecular flexibility index (Phi) is 5.40. The second-order valence-corrected chi connectivity index (χ2v) is 4.18. The normalized spacial score (nSPS) is 21.7. The molecule has 1 aliphatic rings. The minimum absolute atomic E-state index is 0.136. The Balaban J connectivity index is 2.07. The zero-order chi connectivity index (χ0) is 9.52. The highest BCUT2D eigenvalue weighted by Gasteiger charge is 2.16. The molecular formula is C11H22O2. The van der Waals surface area contributed by atoms with Gasteiger partial charge in [0.05, 0.1) is 6.10 Å². The summed E-state index contributed by atoms with van der Waals surface area (Å²) in [6.07, 6.45) is 8.42. The molecule has 78 valence electrons. The Morgan fingerprint density at radius 1 is 1.31 bits per heavy atom. The van der Waals surface area contributed by atoms with Gasteiger partial charge in [-0.3, -0.25) is 0 Å². The first-order valence-electron chi connectivity index (χ1n) is 5.50. The first-order valence-corrected chi connectivity index (χ1v) is 5.50. The Morgan fingerprint density at radius 3 is 2.62 bits per heavy atom. The van der Waals surface area contributed by atoms with Gasteiger partial charge in [-0.1, -0.05) is 32.1 Å². The van der Waals surface area contributed by atoms with Crippen molar-refractivity contribution < 1.29 is 9.84 Å². The number of methoxy groups -OCH3 is 1. The summed E-state index contributed by atoms with van der Waals surface area (Å²) in [4.78, 5) is 0. The molecule has 1 N–H and O–H groups in total. The highest BCUT2D eigenvalue weighted by Crippen LogP contribution is 2.27. The van der Waals surface area contributed by atoms with E-state index < -0.39 is 0 Å². The van der Waals surface area contributed by atoms with Crippen LogP contribution in [0.15, 0.2) is 0 Å². The van der Waals surface area contributed by atoms with Gasteiger partial charge in [-0.25, -0.2) is 0 Å². The van der Waals surface area contributed by atoms with Crippen LogP contribution in [0.5, 0.6) is 0 Å². The molecule has 2 nitrogen and oxygen atoms in total. The van der Waals surface area contributed by atoms with Gasteiger partial charge in [0.25, 0.3) is 0 Å². The zero-order valence-corrected chi connectivity index (χ0v) is 8.67. The maximum absolute atomic E-state index is 9.65. The molecule has 0 aliphatic heterocycles. The van der Waals surface area contributed by atoms with Gasteiger partial charge < -0.3 is 9.84 Å². The van der Waals surface area contributed by atoms with Crippen molar-refractivity contribution >= 4 is 0 Å². The van der Waals surface area contributed by atoms with Crippen LogP contribution in [0, 0.1) is 5.92 Å². The number of hydrogen-bond donors (Lipinski definition) is 1. The molecule has 1 aliphatic carbocycles. The molecule has 0 amide bonds. The third kappa shape index (κ3) is 4.63. The third-order valence-electron chi connectivity index (χ3n) is 2.99. The molecule has 1 atom stereocenters. The fourth-order valence-electron chi connectivity index (χ4n) is 2.18. The van der Waals surface area contributed by atoms with Gasteiger partial charge in [-0.15, -0.1) is 0 Å². The van der Waals surface area contributed by atoms with Gasteiger partial charge >= 0.3 is 0 Å². The summed E-state index contributed by atoms with van der Waals surface area (Å²) in [5, 5.41) is 9.65. The van der Waals surface area contributed by atoms with Gasteiger partial charge in [0.15, 0.2) is 0 Å². The average Bonchev–Trinajstić information content (AvgIpc) is 2.16. The molecule has 0 aromatic carbocycles. The van der Waals surface area contributed by atoms with E-state index in [4.69, 9.17) is 4.74 Å². The summed E-state index contributed by atoms with van der Waals surface area (Å²) in [5.41, 5.74) is 0. The van der Waals surface area contributed by atoms with Crippen LogP contribution in [-0.4, -0.2) is 24.9 Å². The fraction of sp³-hybridized carbons (Fsp3) is 1.00. The van der Waals surface area contributed by atoms with Crippen LogP contribution >= 0.6 is 0 Å². The molecule has 0 heterocycles. The van der Waals surface area contributed by atoms with Crippen molar-refractivity contribution in [3.8, 4) is 0 Å². The highest BCUT2D eigenvalue weighted by molar-refractivity contribution is 4.69. The highest BCUT2D eigenvalue weighted by atomic mass is 16.5. The molecule has 0 radical (unpaired) electrons. The molecule has 1 fully saturated rings. The van der Waals surface area contributed by atoms with E-state index >= 15 is 0 Å². The molecule has 1 rings (SSSR count). The van der Waals surface area contributed by atoms with Gasteiger partial charge in [-0.05, 0) is 18.8 Å². The number of hydrogen-bond acceptors (Lipinski definition) is 2. The van der Waals surface area contributed by atoms with Crippen molar-refractivity contribution in [3.05, 3.63) is 0 Å². The van der Waals surface area contributed by atoms with Crippen LogP contribution in [0.2, 0.25) is 0 Å². The summed E-state index contributed by atoms with van der Waals surface area (Å²) in [5.74, 6) is 0.778. The topological polar surface area (TPSA) is 29.5 Å². The van der Waals surface area contributed by atoms with E-state index in [1.54, 1.807) is 7.11 Å². The van der Waals surface area contributed by atoms with Crippen LogP contribution in [0.1, 0.15) is 44.9 Å². The van der Waals surface area contributed by atoms with E-state index in [0.29, 0.717) is 6.61 Å². The Bertz CT molecular complexity index is 119. The summed E-state index contributed by atoms with van der Waals surface area (Å²) in [6.45, 7) is 0.688. The van der Waals surface area contributed by atoms with Crippen LogP contribution in [0.3, 0.4) is 0 Å². The van der Waals surface area contributed by atoms with Crippen molar-refractivity contribution in [2.24, 2.45) is 5.92 Å². The van der Waals surface area contributed by atoms with E-state index in [9.17, 15) is 5.11 Å². The maximum Gasteiger partial charge on any atom is 0.0564 e. The van der Waals surface area contributed by atoms with Gasteiger partial charge in [0.1, 0.15) is 0 Å². The Morgan fingerprint density at radius 2 is 2.00 bits per heavy atom. The number of aliphatic hydroxyl groups is 1. The molecule has 13 heavy (non-hydrogen) atoms. The lowest BCUT2D eigenvalue weighted by atomic mass is 9.85. The minimum Gasteiger partial charge on any atom is -0.393 e. The molecule has 1 saturated carbocycles. The monoisotopic (exact) mass is 186 g/mol. The van der Waals surface area contributed by atoms with Gasteiger partial charge in [0.2, 0.25) is 0 Å². The summed E-state index contributed by atoms with van der Waals surface area (Å²) < 4.78 is 4.94. The first kappa shape index (κ1) is 11.0. The summed E-state index contributed by atoms with van der Waals surface area (Å²) in [7, 11) is 1.69. The minimum atomic E-state index is -0.136. The largest absolute Gasteiger partial charge is 0.393 e. The van der Waals surface area contributed by atoms with Gasteiger partial charge in [0, 0.05) is 13.7 Å². The number of aliphatic hydroxyl groups excluding tert-OH is 1. The quantitative estimate of drug-likeness (QED) is 0.714. The maximum atomic E-state index is 9.65. The lowest BCUT2D eigenvalue weighted by molar-refractivity contribution is 0.0852. The van der Waals surface area contributed by atoms with Crippen LogP contribution in [0.4, 0.5) is 0 Å². The SMILES string of the molecule is COCCC(O)CC1CCCCC1. The lowest BCUT2D eigenvalue weighted by Gasteiger charge is -2.23. The Labute approximate surface area is 81.3 Å². The van der Waals surface area contributed by atoms with E-state index in [2.05, 4.69) is 0 Å². The lowest BCUT2D eigenvalue weighted by Crippen LogP contribution is -2.17. The van der Waals surface area contributed by atoms with Crippen molar-refractivity contribution in [2.75, 3.05) is 13.7 Å². The molecular weight excluding hydrogens is 164 g/mol. The predicted molar refractivity (Wildman–Crippen MR) is 53.7 cm³/mol. The van der Waals surface area contributed by atoms with Crippen molar-refractivity contribution in [1.29, 1.82) is 0 Å². The average molecular weight is 186 g/mol. The fourth-order valence-corrected chi connectivity index (χ4v) is 2.18. The molecule has 0 aromatic heterocycles. The molecule has 0 saturated heterocycles. The second-order valence-electron chi connectivity index (χ2n) is 4.18. The number of ether oxygens (including phenoxy) is 1. The molecule has 0 bridgehead atoms. The number of rotatable bonds is 5. The summed E-state index contributed by atoms with van der Waals surface area (Å²) >= 11 is 0. The predicted octanol–water partition coefficient (Wildman–Crippen LogP) is 2.35. The van der Waals surface area contributed by atoms with E-state index in [1.807, 2.05) is 0 Å². The van der Waals surface area contributed by atoms with E-state index in [0.717, 1.165) is 18.8 Å². The van der Waals surface area contributed by atoms with Crippen LogP contribution < -0.4 is 0 Å². The van der Waals surface area contributed by atoms with E-state index in [-0.39, 0.29) is 6.10 Å². The van der Waals surface area contributed by atoms with Crippen molar-refractivity contribution in [2.45, 2.75) is 51.0 Å². The molecule has 1 unspecified atom stereocenters. The van der Waals surface area contributed by atoms with Crippen LogP contribution in [0.25, 0.3) is 0 Å². The van der Waals surface area contributed by atoms with Crippen LogP contribution in [-0.2, 0) is 4.74 Å². The smallest absolute Gasteiger partial charge is 0.0564 e. The van der Waals surface area contributed by atoms with Gasteiger partial charge in [-0.2, -0.15) is 0 Å². The van der Waals surface area contributed by atoms with Crippen molar-refractivity contribution in [3.63, 3.8) is 0 Å². The first-order chi connectivity index (χ1) is 6.33. The molecule has 2 heteroatoms. The second kappa shape index (κ2) is 6.39. The van der Waals surface area contributed by atoms with E-state index in [1.165, 1.54) is 32.1 Å². The van der Waals surface area contributed by atoms with Crippen molar-refractivity contribution in [1.82, 2.24) is 0 Å². The Hall–Kier alpha value is -0.0800. The standard InChI is InChI=1S/C11H22O2/c1-13-8-7-11(12)9-10-5-3-2-4-6-10/h10-12H,2-9H2,1H3. The molecule has 0 aromatic rings. The summed E-state index contributed by atoms with van der Waals surface area (Å²) in [6, 6.07) is 0.